The molecule has 4 rings (SSSR count). The van der Waals surface area contributed by atoms with E-state index in [0.717, 1.165) is 11.3 Å². The van der Waals surface area contributed by atoms with Crippen LogP contribution in [0.3, 0.4) is 0 Å². The molecule has 2 aromatic carbocycles. The van der Waals surface area contributed by atoms with Crippen LogP contribution in [0.2, 0.25) is 0 Å². The predicted molar refractivity (Wildman–Crippen MR) is 147 cm³/mol. The first kappa shape index (κ1) is 28.1. The number of rotatable bonds is 11. The molecule has 0 unspecified atom stereocenters. The van der Waals surface area contributed by atoms with E-state index in [0.29, 0.717) is 48.5 Å². The van der Waals surface area contributed by atoms with Crippen LogP contribution >= 0.6 is 0 Å². The molecule has 0 aliphatic rings. The van der Waals surface area contributed by atoms with E-state index in [-0.39, 0.29) is 24.0 Å². The van der Waals surface area contributed by atoms with Crippen LogP contribution in [-0.4, -0.2) is 58.1 Å². The lowest BCUT2D eigenvalue weighted by atomic mass is 10.2. The van der Waals surface area contributed by atoms with Crippen molar-refractivity contribution in [1.29, 1.82) is 0 Å². The second-order valence-corrected chi connectivity index (χ2v) is 8.91. The molecule has 0 aliphatic heterocycles. The molecule has 0 spiro atoms. The van der Waals surface area contributed by atoms with Crippen LogP contribution in [0.15, 0.2) is 48.5 Å². The number of carbonyl (C=O) groups excluding carboxylic acids is 3. The lowest BCUT2D eigenvalue weighted by Crippen LogP contribution is -2.26. The normalized spacial score (nSPS) is 10.8. The molecule has 40 heavy (non-hydrogen) atoms. The number of imidazole rings is 1. The monoisotopic (exact) mass is 548 g/mol. The van der Waals surface area contributed by atoms with Crippen molar-refractivity contribution >= 4 is 35.0 Å². The Bertz CT molecular complexity index is 1510. The van der Waals surface area contributed by atoms with Crippen LogP contribution in [0.4, 0.5) is 10.7 Å². The Kier molecular flexibility index (Phi) is 9.00. The predicted octanol–water partition coefficient (Wildman–Crippen LogP) is 3.93. The number of aryl methyl sites for hydroxylation is 3. The number of fused-ring (bicyclic) bond motifs is 1. The lowest BCUT2D eigenvalue weighted by Gasteiger charge is -2.13. The molecule has 210 valence electrons. The highest BCUT2D eigenvalue weighted by Crippen LogP contribution is 2.31. The molecule has 12 heteroatoms. The number of nitrogens with zero attached hydrogens (tertiary/aromatic N) is 4. The van der Waals surface area contributed by atoms with Crippen LogP contribution < -0.4 is 15.4 Å². The summed E-state index contributed by atoms with van der Waals surface area (Å²) < 4.78 is 19.1. The number of carbonyl (C=O) groups is 3. The van der Waals surface area contributed by atoms with Gasteiger partial charge in [0, 0.05) is 19.6 Å². The molecule has 0 radical (unpaired) electrons. The number of esters is 1. The van der Waals surface area contributed by atoms with Gasteiger partial charge in [-0.25, -0.2) is 14.6 Å². The zero-order valence-corrected chi connectivity index (χ0v) is 22.9. The second kappa shape index (κ2) is 12.8. The van der Waals surface area contributed by atoms with Crippen LogP contribution in [0.25, 0.3) is 11.0 Å². The van der Waals surface area contributed by atoms with Crippen molar-refractivity contribution in [1.82, 2.24) is 24.6 Å². The fourth-order valence-electron chi connectivity index (χ4n) is 4.27. The number of benzene rings is 2. The first-order valence-electron chi connectivity index (χ1n) is 12.8. The van der Waals surface area contributed by atoms with Crippen LogP contribution in [0.5, 0.6) is 5.75 Å². The fourth-order valence-corrected chi connectivity index (χ4v) is 4.27. The van der Waals surface area contributed by atoms with Crippen molar-refractivity contribution in [2.24, 2.45) is 0 Å². The average Bonchev–Trinajstić information content (AvgIpc) is 3.53. The summed E-state index contributed by atoms with van der Waals surface area (Å²) >= 11 is 0. The minimum atomic E-state index is -0.541. The van der Waals surface area contributed by atoms with Gasteiger partial charge < -0.3 is 24.1 Å². The first-order chi connectivity index (χ1) is 19.3. The molecule has 12 nitrogen and oxygen atoms in total. The molecule has 2 heterocycles. The Labute approximate surface area is 231 Å². The zero-order chi connectivity index (χ0) is 28.6. The van der Waals surface area contributed by atoms with Crippen molar-refractivity contribution in [2.75, 3.05) is 26.1 Å². The highest BCUT2D eigenvalue weighted by Gasteiger charge is 2.22. The lowest BCUT2D eigenvalue weighted by molar-refractivity contribution is 0.0600. The standard InChI is InChI=1S/C28H32N6O6/c1-5-34-22(14-18(2)32-34)25(35)31-27-30-21-15-20(26(36)39-4)16-23(38-3)24(21)33(27)13-9-12-29-28(37)40-17-19-10-7-6-8-11-19/h6-8,10-11,14-16H,5,9,12-13,17H2,1-4H3,(H,29,37)(H,30,31,35). The highest BCUT2D eigenvalue weighted by molar-refractivity contribution is 6.04. The summed E-state index contributed by atoms with van der Waals surface area (Å²) in [6, 6.07) is 14.2. The number of ether oxygens (including phenoxy) is 3. The molecule has 0 fully saturated rings. The third kappa shape index (κ3) is 6.40. The summed E-state index contributed by atoms with van der Waals surface area (Å²) in [7, 11) is 2.78. The summed E-state index contributed by atoms with van der Waals surface area (Å²) in [5, 5.41) is 9.96. The third-order valence-electron chi connectivity index (χ3n) is 6.15. The molecule has 4 aromatic rings. The van der Waals surface area contributed by atoms with Gasteiger partial charge in [0.1, 0.15) is 23.6 Å². The van der Waals surface area contributed by atoms with Crippen molar-refractivity contribution in [3.8, 4) is 5.75 Å². The van der Waals surface area contributed by atoms with E-state index in [1.54, 1.807) is 27.4 Å². The molecule has 0 saturated carbocycles. The van der Waals surface area contributed by atoms with Gasteiger partial charge in [-0.05, 0) is 44.0 Å². The summed E-state index contributed by atoms with van der Waals surface area (Å²) in [4.78, 5) is 42.2. The highest BCUT2D eigenvalue weighted by atomic mass is 16.5. The van der Waals surface area contributed by atoms with E-state index in [1.807, 2.05) is 44.2 Å². The van der Waals surface area contributed by atoms with Gasteiger partial charge in [0.2, 0.25) is 5.95 Å². The number of alkyl carbamates (subject to hydrolysis) is 1. The van der Waals surface area contributed by atoms with Gasteiger partial charge in [0.15, 0.2) is 0 Å². The van der Waals surface area contributed by atoms with Gasteiger partial charge in [0.05, 0.1) is 31.0 Å². The molecule has 2 N–H and O–H groups in total. The maximum Gasteiger partial charge on any atom is 0.407 e. The van der Waals surface area contributed by atoms with Crippen molar-refractivity contribution < 1.29 is 28.6 Å². The molecule has 2 aromatic heterocycles. The topological polar surface area (TPSA) is 139 Å². The first-order valence-corrected chi connectivity index (χ1v) is 12.8. The van der Waals surface area contributed by atoms with Gasteiger partial charge in [-0.3, -0.25) is 14.8 Å². The van der Waals surface area contributed by atoms with Gasteiger partial charge in [-0.1, -0.05) is 30.3 Å². The van der Waals surface area contributed by atoms with E-state index in [4.69, 9.17) is 14.2 Å². The van der Waals surface area contributed by atoms with E-state index in [9.17, 15) is 14.4 Å². The Morgan fingerprint density at radius 2 is 1.82 bits per heavy atom. The van der Waals surface area contributed by atoms with E-state index in [1.165, 1.54) is 14.2 Å². The van der Waals surface area contributed by atoms with Crippen molar-refractivity contribution in [2.45, 2.75) is 40.0 Å². The number of methoxy groups -OCH3 is 2. The number of hydrogen-bond acceptors (Lipinski definition) is 8. The quantitative estimate of drug-likeness (QED) is 0.212. The summed E-state index contributed by atoms with van der Waals surface area (Å²) in [6.07, 6.45) is -0.0424. The van der Waals surface area contributed by atoms with Gasteiger partial charge in [0.25, 0.3) is 5.91 Å². The largest absolute Gasteiger partial charge is 0.494 e. The number of hydrogen-bond donors (Lipinski definition) is 2. The smallest absolute Gasteiger partial charge is 0.407 e. The molecule has 0 aliphatic carbocycles. The van der Waals surface area contributed by atoms with Crippen LogP contribution in [-0.2, 0) is 29.2 Å². The van der Waals surface area contributed by atoms with Gasteiger partial charge in [-0.2, -0.15) is 5.10 Å². The maximum atomic E-state index is 13.2. The molecule has 0 bridgehead atoms. The minimum absolute atomic E-state index is 0.169. The van der Waals surface area contributed by atoms with E-state index >= 15 is 0 Å². The molecular formula is C28H32N6O6. The van der Waals surface area contributed by atoms with Crippen molar-refractivity contribution in [3.63, 3.8) is 0 Å². The fraction of sp³-hybridized carbons (Fsp3) is 0.321. The second-order valence-electron chi connectivity index (χ2n) is 8.91. The Hall–Kier alpha value is -4.87. The Balaban J connectivity index is 1.55. The number of aromatic nitrogens is 4. The number of nitrogens with one attached hydrogen (secondary N) is 2. The molecule has 2 amide bonds. The average molecular weight is 549 g/mol. The maximum absolute atomic E-state index is 13.2. The molecular weight excluding hydrogens is 516 g/mol. The summed E-state index contributed by atoms with van der Waals surface area (Å²) in [5.74, 6) is -0.279. The SMILES string of the molecule is CCn1nc(C)cc1C(=O)Nc1nc2cc(C(=O)OC)cc(OC)c2n1CCCNC(=O)OCc1ccccc1. The van der Waals surface area contributed by atoms with E-state index < -0.39 is 12.1 Å². The van der Waals surface area contributed by atoms with Crippen LogP contribution in [0, 0.1) is 6.92 Å². The number of anilines is 1. The number of amides is 2. The third-order valence-corrected chi connectivity index (χ3v) is 6.15. The van der Waals surface area contributed by atoms with Gasteiger partial charge in [-0.15, -0.1) is 0 Å². The van der Waals surface area contributed by atoms with E-state index in [2.05, 4.69) is 20.7 Å². The van der Waals surface area contributed by atoms with Gasteiger partial charge >= 0.3 is 12.1 Å². The molecule has 0 saturated heterocycles. The minimum Gasteiger partial charge on any atom is -0.494 e. The Morgan fingerprint density at radius 3 is 2.52 bits per heavy atom. The van der Waals surface area contributed by atoms with Crippen LogP contribution in [0.1, 0.15) is 45.4 Å². The summed E-state index contributed by atoms with van der Waals surface area (Å²) in [6.45, 7) is 5.08. The Morgan fingerprint density at radius 1 is 1.05 bits per heavy atom. The summed E-state index contributed by atoms with van der Waals surface area (Å²) in [5.41, 5.74) is 3.28. The van der Waals surface area contributed by atoms with Crippen molar-refractivity contribution in [3.05, 3.63) is 71.0 Å². The molecule has 0 atom stereocenters. The zero-order valence-electron chi connectivity index (χ0n) is 22.9.